The van der Waals surface area contributed by atoms with E-state index in [0.717, 1.165) is 16.7 Å². The normalized spacial score (nSPS) is 11.3. The van der Waals surface area contributed by atoms with Gasteiger partial charge in [0.25, 0.3) is 0 Å². The summed E-state index contributed by atoms with van der Waals surface area (Å²) in [4.78, 5) is 22.3. The molecule has 0 fully saturated rings. The van der Waals surface area contributed by atoms with Crippen LogP contribution in [0.15, 0.2) is 52.8 Å². The Labute approximate surface area is 175 Å². The summed E-state index contributed by atoms with van der Waals surface area (Å²) >= 11 is 5.95. The van der Waals surface area contributed by atoms with Crippen molar-refractivity contribution in [1.29, 1.82) is 0 Å². The zero-order valence-corrected chi connectivity index (χ0v) is 17.4. The van der Waals surface area contributed by atoms with Gasteiger partial charge in [0.05, 0.1) is 7.11 Å². The molecule has 7 heteroatoms. The largest absolute Gasteiger partial charge is 0.464 e. The van der Waals surface area contributed by atoms with Crippen LogP contribution in [0.4, 0.5) is 0 Å². The highest BCUT2D eigenvalue weighted by molar-refractivity contribution is 6.43. The molecule has 150 valence electrons. The molecule has 0 atom stereocenters. The second-order valence-electron chi connectivity index (χ2n) is 5.93. The van der Waals surface area contributed by atoms with Gasteiger partial charge in [0, 0.05) is 21.7 Å². The van der Waals surface area contributed by atoms with E-state index in [4.69, 9.17) is 26.0 Å². The standard InChI is InChI=1S/C22H21ClN2O4/c1-15-7-5-10-19(21(25-28-4)22(26)27-3)20(15)14-29-24-16(2)11-12-17-8-6-9-18(23)13-17/h5-10,13H,14H2,1-4H3/b24-16+,25-21+. The lowest BCUT2D eigenvalue weighted by Crippen LogP contribution is -2.20. The van der Waals surface area contributed by atoms with E-state index in [0.29, 0.717) is 16.3 Å². The molecule has 0 aliphatic heterocycles. The topological polar surface area (TPSA) is 69.5 Å². The Morgan fingerprint density at radius 1 is 1.14 bits per heavy atom. The van der Waals surface area contributed by atoms with Crippen molar-refractivity contribution in [2.45, 2.75) is 20.5 Å². The molecule has 0 N–H and O–H groups in total. The maximum atomic E-state index is 12.1. The number of hydrogen-bond donors (Lipinski definition) is 0. The van der Waals surface area contributed by atoms with Gasteiger partial charge in [-0.2, -0.15) is 0 Å². The zero-order valence-electron chi connectivity index (χ0n) is 16.7. The number of rotatable bonds is 6. The predicted molar refractivity (Wildman–Crippen MR) is 113 cm³/mol. The smallest absolute Gasteiger partial charge is 0.360 e. The zero-order chi connectivity index (χ0) is 21.2. The average Bonchev–Trinajstić information content (AvgIpc) is 2.71. The van der Waals surface area contributed by atoms with E-state index in [1.807, 2.05) is 31.2 Å². The van der Waals surface area contributed by atoms with Crippen molar-refractivity contribution in [2.24, 2.45) is 10.3 Å². The number of oxime groups is 2. The number of ether oxygens (including phenoxy) is 1. The fourth-order valence-corrected chi connectivity index (χ4v) is 2.64. The lowest BCUT2D eigenvalue weighted by atomic mass is 9.99. The van der Waals surface area contributed by atoms with Gasteiger partial charge >= 0.3 is 5.97 Å². The van der Waals surface area contributed by atoms with Crippen LogP contribution < -0.4 is 0 Å². The lowest BCUT2D eigenvalue weighted by molar-refractivity contribution is -0.132. The minimum atomic E-state index is -0.606. The maximum Gasteiger partial charge on any atom is 0.360 e. The van der Waals surface area contributed by atoms with Crippen LogP contribution >= 0.6 is 11.6 Å². The highest BCUT2D eigenvalue weighted by atomic mass is 35.5. The highest BCUT2D eigenvalue weighted by Crippen LogP contribution is 2.18. The van der Waals surface area contributed by atoms with E-state index >= 15 is 0 Å². The molecular weight excluding hydrogens is 392 g/mol. The summed E-state index contributed by atoms with van der Waals surface area (Å²) in [5.74, 6) is 5.28. The molecule has 0 aliphatic carbocycles. The van der Waals surface area contributed by atoms with Crippen LogP contribution in [0.1, 0.15) is 29.2 Å². The molecule has 0 bridgehead atoms. The number of aryl methyl sites for hydroxylation is 1. The lowest BCUT2D eigenvalue weighted by Gasteiger charge is -2.12. The van der Waals surface area contributed by atoms with Gasteiger partial charge in [0.2, 0.25) is 0 Å². The molecule has 0 spiro atoms. The Hall–Kier alpha value is -3.30. The summed E-state index contributed by atoms with van der Waals surface area (Å²) in [7, 11) is 2.65. The van der Waals surface area contributed by atoms with E-state index in [1.54, 1.807) is 25.1 Å². The fraction of sp³-hybridized carbons (Fsp3) is 0.227. The quantitative estimate of drug-likeness (QED) is 0.310. The molecule has 0 aromatic heterocycles. The molecule has 0 saturated heterocycles. The third-order valence-corrected chi connectivity index (χ3v) is 4.08. The molecular formula is C22H21ClN2O4. The fourth-order valence-electron chi connectivity index (χ4n) is 2.45. The van der Waals surface area contributed by atoms with Crippen molar-refractivity contribution in [3.8, 4) is 11.8 Å². The maximum absolute atomic E-state index is 12.1. The summed E-state index contributed by atoms with van der Waals surface area (Å²) in [6, 6.07) is 12.7. The number of carbonyl (C=O) groups is 1. The van der Waals surface area contributed by atoms with Crippen LogP contribution in [-0.2, 0) is 25.8 Å². The van der Waals surface area contributed by atoms with E-state index in [2.05, 4.69) is 22.2 Å². The monoisotopic (exact) mass is 412 g/mol. The van der Waals surface area contributed by atoms with Gasteiger partial charge < -0.3 is 14.4 Å². The van der Waals surface area contributed by atoms with Gasteiger partial charge in [-0.3, -0.25) is 0 Å². The molecule has 0 saturated carbocycles. The Morgan fingerprint density at radius 2 is 1.90 bits per heavy atom. The molecule has 2 rings (SSSR count). The molecule has 0 unspecified atom stereocenters. The van der Waals surface area contributed by atoms with Crippen molar-refractivity contribution >= 4 is 29.0 Å². The SMILES string of the molecule is CO/N=C(/C(=O)OC)c1cccc(C)c1CO/N=C(\C)C#Cc1cccc(Cl)c1. The molecule has 6 nitrogen and oxygen atoms in total. The van der Waals surface area contributed by atoms with Crippen LogP contribution in [0.5, 0.6) is 0 Å². The van der Waals surface area contributed by atoms with E-state index in [1.165, 1.54) is 14.2 Å². The number of carbonyl (C=O) groups excluding carboxylic acids is 1. The number of nitrogens with zero attached hydrogens (tertiary/aromatic N) is 2. The summed E-state index contributed by atoms with van der Waals surface area (Å²) in [5.41, 5.74) is 3.54. The van der Waals surface area contributed by atoms with Gasteiger partial charge in [-0.15, -0.1) is 0 Å². The van der Waals surface area contributed by atoms with Crippen molar-refractivity contribution in [3.63, 3.8) is 0 Å². The van der Waals surface area contributed by atoms with Crippen molar-refractivity contribution in [1.82, 2.24) is 0 Å². The number of esters is 1. The Bertz CT molecular complexity index is 1000. The van der Waals surface area contributed by atoms with E-state index in [9.17, 15) is 4.79 Å². The number of hydrogen-bond acceptors (Lipinski definition) is 6. The van der Waals surface area contributed by atoms with Gasteiger partial charge in [0.15, 0.2) is 5.71 Å². The van der Waals surface area contributed by atoms with E-state index in [-0.39, 0.29) is 12.3 Å². The van der Waals surface area contributed by atoms with Crippen molar-refractivity contribution in [2.75, 3.05) is 14.2 Å². The second-order valence-corrected chi connectivity index (χ2v) is 6.36. The molecule has 0 heterocycles. The van der Waals surface area contributed by atoms with Crippen LogP contribution in [0, 0.1) is 18.8 Å². The molecule has 2 aromatic rings. The van der Waals surface area contributed by atoms with E-state index < -0.39 is 5.97 Å². The first-order valence-corrected chi connectivity index (χ1v) is 9.06. The van der Waals surface area contributed by atoms with Crippen molar-refractivity contribution in [3.05, 3.63) is 69.7 Å². The Balaban J connectivity index is 2.19. The molecule has 0 amide bonds. The second kappa shape index (κ2) is 10.9. The van der Waals surface area contributed by atoms with Gasteiger partial charge in [0.1, 0.15) is 19.4 Å². The van der Waals surface area contributed by atoms with Crippen LogP contribution in [0.2, 0.25) is 5.02 Å². The minimum absolute atomic E-state index is 0.0544. The molecule has 2 aromatic carbocycles. The van der Waals surface area contributed by atoms with Gasteiger partial charge in [-0.05, 0) is 43.5 Å². The molecule has 0 aliphatic rings. The molecule has 0 radical (unpaired) electrons. The van der Waals surface area contributed by atoms with Gasteiger partial charge in [-0.25, -0.2) is 4.79 Å². The highest BCUT2D eigenvalue weighted by Gasteiger charge is 2.20. The summed E-state index contributed by atoms with van der Waals surface area (Å²) < 4.78 is 4.79. The van der Waals surface area contributed by atoms with Crippen LogP contribution in [0.25, 0.3) is 0 Å². The Morgan fingerprint density at radius 3 is 2.59 bits per heavy atom. The summed E-state index contributed by atoms with van der Waals surface area (Å²) in [5, 5.41) is 8.45. The third-order valence-electron chi connectivity index (χ3n) is 3.85. The first-order chi connectivity index (χ1) is 14.0. The summed E-state index contributed by atoms with van der Waals surface area (Å²) in [6.45, 7) is 3.76. The number of benzene rings is 2. The van der Waals surface area contributed by atoms with Crippen molar-refractivity contribution < 1.29 is 19.2 Å². The third kappa shape index (κ3) is 6.37. The van der Waals surface area contributed by atoms with Crippen LogP contribution in [0.3, 0.4) is 0 Å². The predicted octanol–water partition coefficient (Wildman–Crippen LogP) is 4.12. The minimum Gasteiger partial charge on any atom is -0.464 e. The summed E-state index contributed by atoms with van der Waals surface area (Å²) in [6.07, 6.45) is 0. The number of halogens is 1. The van der Waals surface area contributed by atoms with Crippen LogP contribution in [-0.4, -0.2) is 31.6 Å². The van der Waals surface area contributed by atoms with Gasteiger partial charge in [-0.1, -0.05) is 52.1 Å². The molecule has 29 heavy (non-hydrogen) atoms. The first-order valence-electron chi connectivity index (χ1n) is 8.68. The average molecular weight is 413 g/mol. The number of methoxy groups -OCH3 is 1. The first kappa shape index (κ1) is 22.0. The Kier molecular flexibility index (Phi) is 8.26.